The van der Waals surface area contributed by atoms with Crippen molar-refractivity contribution in [2.24, 2.45) is 11.7 Å². The lowest BCUT2D eigenvalue weighted by Crippen LogP contribution is -2.43. The number of piperidine rings is 1. The van der Waals surface area contributed by atoms with Crippen LogP contribution in [0.5, 0.6) is 5.75 Å². The maximum atomic E-state index is 12.9. The SMILES string of the molecule is CCN(CC)S(=O)(=O)c1cc(Cl)ccc1OCC(=O)N1CCC(C(N)=O)CC1. The van der Waals surface area contributed by atoms with Gasteiger partial charge in [0.25, 0.3) is 5.91 Å². The lowest BCUT2D eigenvalue weighted by Gasteiger charge is -2.30. The molecule has 1 aliphatic heterocycles. The van der Waals surface area contributed by atoms with Gasteiger partial charge in [-0.1, -0.05) is 25.4 Å². The smallest absolute Gasteiger partial charge is 0.260 e. The number of rotatable bonds is 8. The average Bonchev–Trinajstić information content (AvgIpc) is 2.67. The van der Waals surface area contributed by atoms with E-state index in [9.17, 15) is 18.0 Å². The predicted molar refractivity (Wildman–Crippen MR) is 106 cm³/mol. The summed E-state index contributed by atoms with van der Waals surface area (Å²) in [6.07, 6.45) is 1.03. The molecule has 0 aromatic heterocycles. The van der Waals surface area contributed by atoms with Crippen LogP contribution in [0.4, 0.5) is 0 Å². The Kier molecular flexibility index (Phi) is 7.68. The summed E-state index contributed by atoms with van der Waals surface area (Å²) in [6, 6.07) is 4.29. The Morgan fingerprint density at radius 2 is 1.86 bits per heavy atom. The molecule has 2 N–H and O–H groups in total. The summed E-state index contributed by atoms with van der Waals surface area (Å²) < 4.78 is 32.6. The highest BCUT2D eigenvalue weighted by Crippen LogP contribution is 2.30. The number of likely N-dealkylation sites (tertiary alicyclic amines) is 1. The normalized spacial score (nSPS) is 15.6. The number of primary amides is 1. The lowest BCUT2D eigenvalue weighted by molar-refractivity contribution is -0.136. The second-order valence-electron chi connectivity index (χ2n) is 6.53. The van der Waals surface area contributed by atoms with Crippen LogP contribution >= 0.6 is 11.6 Å². The highest BCUT2D eigenvalue weighted by atomic mass is 35.5. The fraction of sp³-hybridized carbons (Fsp3) is 0.556. The Bertz CT molecular complexity index is 819. The monoisotopic (exact) mass is 431 g/mol. The molecular formula is C18H26ClN3O5S. The Balaban J connectivity index is 2.11. The van der Waals surface area contributed by atoms with Crippen LogP contribution in [-0.4, -0.2) is 62.2 Å². The van der Waals surface area contributed by atoms with Crippen molar-refractivity contribution in [3.63, 3.8) is 0 Å². The Labute approximate surface area is 170 Å². The molecule has 1 heterocycles. The number of hydrogen-bond acceptors (Lipinski definition) is 5. The molecule has 0 aliphatic carbocycles. The second kappa shape index (κ2) is 9.58. The minimum absolute atomic E-state index is 0.0658. The van der Waals surface area contributed by atoms with Crippen LogP contribution in [0.3, 0.4) is 0 Å². The summed E-state index contributed by atoms with van der Waals surface area (Å²) in [4.78, 5) is 25.2. The van der Waals surface area contributed by atoms with E-state index in [-0.39, 0.29) is 40.0 Å². The van der Waals surface area contributed by atoms with Crippen molar-refractivity contribution >= 4 is 33.4 Å². The fourth-order valence-electron chi connectivity index (χ4n) is 3.15. The number of sulfonamides is 1. The Hall–Kier alpha value is -1.84. The number of carbonyl (C=O) groups excluding carboxylic acids is 2. The average molecular weight is 432 g/mol. The first kappa shape index (κ1) is 22.4. The van der Waals surface area contributed by atoms with E-state index in [1.54, 1.807) is 18.7 Å². The van der Waals surface area contributed by atoms with Crippen molar-refractivity contribution < 1.29 is 22.7 Å². The molecule has 1 aromatic rings. The summed E-state index contributed by atoms with van der Waals surface area (Å²) in [5.41, 5.74) is 5.30. The van der Waals surface area contributed by atoms with Crippen LogP contribution in [0, 0.1) is 5.92 Å². The highest BCUT2D eigenvalue weighted by molar-refractivity contribution is 7.89. The topological polar surface area (TPSA) is 110 Å². The third kappa shape index (κ3) is 5.15. The summed E-state index contributed by atoms with van der Waals surface area (Å²) >= 11 is 5.99. The number of nitrogens with zero attached hydrogens (tertiary/aromatic N) is 2. The zero-order valence-corrected chi connectivity index (χ0v) is 17.6. The minimum Gasteiger partial charge on any atom is -0.482 e. The summed E-state index contributed by atoms with van der Waals surface area (Å²) in [7, 11) is -3.80. The molecule has 8 nitrogen and oxygen atoms in total. The van der Waals surface area contributed by atoms with Gasteiger partial charge in [0.1, 0.15) is 10.6 Å². The van der Waals surface area contributed by atoms with Crippen molar-refractivity contribution in [3.05, 3.63) is 23.2 Å². The quantitative estimate of drug-likeness (QED) is 0.670. The minimum atomic E-state index is -3.80. The van der Waals surface area contributed by atoms with Gasteiger partial charge >= 0.3 is 0 Å². The number of carbonyl (C=O) groups is 2. The first-order chi connectivity index (χ1) is 13.2. The molecule has 1 aliphatic rings. The third-order valence-electron chi connectivity index (χ3n) is 4.83. The molecule has 0 unspecified atom stereocenters. The number of benzene rings is 1. The molecule has 28 heavy (non-hydrogen) atoms. The summed E-state index contributed by atoms with van der Waals surface area (Å²) in [5, 5.41) is 0.262. The van der Waals surface area contributed by atoms with E-state index in [4.69, 9.17) is 22.1 Å². The molecule has 10 heteroatoms. The zero-order chi connectivity index (χ0) is 20.9. The van der Waals surface area contributed by atoms with E-state index in [1.165, 1.54) is 22.5 Å². The molecule has 1 saturated heterocycles. The molecule has 0 spiro atoms. The first-order valence-corrected chi connectivity index (χ1v) is 11.0. The molecule has 0 bridgehead atoms. The molecule has 2 amide bonds. The predicted octanol–water partition coefficient (Wildman–Crippen LogP) is 1.47. The molecule has 156 valence electrons. The third-order valence-corrected chi connectivity index (χ3v) is 7.14. The summed E-state index contributed by atoms with van der Waals surface area (Å²) in [5.74, 6) is -0.761. The van der Waals surface area contributed by atoms with Gasteiger partial charge in [-0.25, -0.2) is 8.42 Å². The molecule has 2 rings (SSSR count). The van der Waals surface area contributed by atoms with Gasteiger partial charge in [0.2, 0.25) is 15.9 Å². The van der Waals surface area contributed by atoms with Gasteiger partial charge in [-0.2, -0.15) is 4.31 Å². The van der Waals surface area contributed by atoms with Gasteiger partial charge in [0, 0.05) is 37.1 Å². The molecular weight excluding hydrogens is 406 g/mol. The van der Waals surface area contributed by atoms with Crippen LogP contribution in [0.1, 0.15) is 26.7 Å². The summed E-state index contributed by atoms with van der Waals surface area (Å²) in [6.45, 7) is 4.62. The van der Waals surface area contributed by atoms with Crippen LogP contribution in [0.2, 0.25) is 5.02 Å². The van der Waals surface area contributed by atoms with Crippen molar-refractivity contribution in [1.82, 2.24) is 9.21 Å². The molecule has 0 saturated carbocycles. The van der Waals surface area contributed by atoms with Crippen molar-refractivity contribution in [1.29, 1.82) is 0 Å². The number of hydrogen-bond donors (Lipinski definition) is 1. The van der Waals surface area contributed by atoms with E-state index in [0.717, 1.165) is 0 Å². The van der Waals surface area contributed by atoms with Gasteiger partial charge in [-0.05, 0) is 31.0 Å². The van der Waals surface area contributed by atoms with E-state index in [2.05, 4.69) is 0 Å². The number of amides is 2. The number of nitrogens with two attached hydrogens (primary N) is 1. The zero-order valence-electron chi connectivity index (χ0n) is 16.1. The number of ether oxygens (including phenoxy) is 1. The van der Waals surface area contributed by atoms with Crippen LogP contribution < -0.4 is 10.5 Å². The van der Waals surface area contributed by atoms with Crippen molar-refractivity contribution in [2.75, 3.05) is 32.8 Å². The first-order valence-electron chi connectivity index (χ1n) is 9.20. The lowest BCUT2D eigenvalue weighted by atomic mass is 9.96. The second-order valence-corrected chi connectivity index (χ2v) is 8.87. The largest absolute Gasteiger partial charge is 0.482 e. The van der Waals surface area contributed by atoms with Gasteiger partial charge in [-0.15, -0.1) is 0 Å². The van der Waals surface area contributed by atoms with Gasteiger partial charge in [0.15, 0.2) is 6.61 Å². The van der Waals surface area contributed by atoms with Crippen LogP contribution in [0.25, 0.3) is 0 Å². The maximum absolute atomic E-state index is 12.9. The Morgan fingerprint density at radius 1 is 1.25 bits per heavy atom. The fourth-order valence-corrected chi connectivity index (χ4v) is 5.00. The highest BCUT2D eigenvalue weighted by Gasteiger charge is 2.28. The molecule has 0 atom stereocenters. The van der Waals surface area contributed by atoms with Crippen LogP contribution in [0.15, 0.2) is 23.1 Å². The van der Waals surface area contributed by atoms with E-state index in [0.29, 0.717) is 39.0 Å². The number of halogens is 1. The molecule has 1 fully saturated rings. The van der Waals surface area contributed by atoms with Crippen LogP contribution in [-0.2, 0) is 19.6 Å². The molecule has 0 radical (unpaired) electrons. The van der Waals surface area contributed by atoms with Crippen molar-refractivity contribution in [3.8, 4) is 5.75 Å². The standard InChI is InChI=1S/C18H26ClN3O5S/c1-3-22(4-2)28(25,26)16-11-14(19)5-6-15(16)27-12-17(23)21-9-7-13(8-10-21)18(20)24/h5-6,11,13H,3-4,7-10,12H2,1-2H3,(H2,20,24). The van der Waals surface area contributed by atoms with Crippen molar-refractivity contribution in [2.45, 2.75) is 31.6 Å². The van der Waals surface area contributed by atoms with E-state index < -0.39 is 10.0 Å². The molecule has 1 aromatic carbocycles. The van der Waals surface area contributed by atoms with E-state index >= 15 is 0 Å². The van der Waals surface area contributed by atoms with Gasteiger partial charge in [-0.3, -0.25) is 9.59 Å². The van der Waals surface area contributed by atoms with Gasteiger partial charge in [0.05, 0.1) is 0 Å². The van der Waals surface area contributed by atoms with Gasteiger partial charge < -0.3 is 15.4 Å². The maximum Gasteiger partial charge on any atom is 0.260 e. The Morgan fingerprint density at radius 3 is 2.39 bits per heavy atom. The van der Waals surface area contributed by atoms with E-state index in [1.807, 2.05) is 0 Å².